The van der Waals surface area contributed by atoms with E-state index >= 15 is 0 Å². The number of ether oxygens (including phenoxy) is 1. The molecular formula is C27H23F7N8O3. The zero-order valence-corrected chi connectivity index (χ0v) is 23.0. The molecule has 1 aliphatic rings. The van der Waals surface area contributed by atoms with E-state index in [0.717, 1.165) is 12.1 Å². The number of aryl methyl sites for hydroxylation is 2. The molecule has 11 nitrogen and oxygen atoms in total. The van der Waals surface area contributed by atoms with E-state index in [-0.39, 0.29) is 12.1 Å². The van der Waals surface area contributed by atoms with Gasteiger partial charge in [0, 0.05) is 25.7 Å². The topological polar surface area (TPSA) is 134 Å². The SMILES string of the molecule is Fc1cc(F)cc(CCn2cnc3c(NCc4nc5c(F)c(F)ccc5[nH]4)nc(N4CCOCC4)nc32)c1.O=C(O)C(F)(F)F. The van der Waals surface area contributed by atoms with Crippen LogP contribution in [0.25, 0.3) is 22.2 Å². The van der Waals surface area contributed by atoms with Crippen LogP contribution >= 0.6 is 0 Å². The van der Waals surface area contributed by atoms with E-state index in [1.54, 1.807) is 10.9 Å². The molecule has 0 amide bonds. The Kier molecular flexibility index (Phi) is 9.03. The highest BCUT2D eigenvalue weighted by Crippen LogP contribution is 2.25. The summed E-state index contributed by atoms with van der Waals surface area (Å²) in [4.78, 5) is 31.9. The van der Waals surface area contributed by atoms with Gasteiger partial charge in [-0.25, -0.2) is 32.3 Å². The van der Waals surface area contributed by atoms with Crippen LogP contribution in [-0.4, -0.2) is 73.0 Å². The second-order valence-electron chi connectivity index (χ2n) is 9.71. The van der Waals surface area contributed by atoms with Crippen LogP contribution in [-0.2, 0) is 29.0 Å². The first-order valence-corrected chi connectivity index (χ1v) is 13.3. The van der Waals surface area contributed by atoms with Crippen LogP contribution < -0.4 is 10.2 Å². The lowest BCUT2D eigenvalue weighted by molar-refractivity contribution is -0.192. The van der Waals surface area contributed by atoms with E-state index in [4.69, 9.17) is 19.6 Å². The minimum Gasteiger partial charge on any atom is -0.475 e. The van der Waals surface area contributed by atoms with Gasteiger partial charge >= 0.3 is 12.1 Å². The van der Waals surface area contributed by atoms with Crippen molar-refractivity contribution in [1.82, 2.24) is 29.5 Å². The molecule has 45 heavy (non-hydrogen) atoms. The summed E-state index contributed by atoms with van der Waals surface area (Å²) in [5, 5.41) is 10.3. The van der Waals surface area contributed by atoms with Gasteiger partial charge in [-0.15, -0.1) is 0 Å². The van der Waals surface area contributed by atoms with Crippen LogP contribution in [0, 0.1) is 23.3 Å². The molecule has 0 aliphatic carbocycles. The second kappa shape index (κ2) is 12.9. The zero-order chi connectivity index (χ0) is 32.3. The van der Waals surface area contributed by atoms with Crippen molar-refractivity contribution in [3.8, 4) is 0 Å². The molecule has 1 aliphatic heterocycles. The molecule has 0 bridgehead atoms. The number of H-pyrrole nitrogens is 1. The summed E-state index contributed by atoms with van der Waals surface area (Å²) in [5.41, 5.74) is 1.83. The molecule has 0 atom stereocenters. The van der Waals surface area contributed by atoms with E-state index in [9.17, 15) is 30.7 Å². The number of anilines is 2. The number of nitrogens with one attached hydrogen (secondary N) is 2. The van der Waals surface area contributed by atoms with Crippen molar-refractivity contribution in [3.05, 3.63) is 71.3 Å². The summed E-state index contributed by atoms with van der Waals surface area (Å²) in [6.07, 6.45) is -3.12. The molecule has 1 saturated heterocycles. The highest BCUT2D eigenvalue weighted by molar-refractivity contribution is 5.84. The number of fused-ring (bicyclic) bond motifs is 2. The van der Waals surface area contributed by atoms with Gasteiger partial charge < -0.3 is 29.6 Å². The third kappa shape index (κ3) is 7.39. The molecule has 0 radical (unpaired) electrons. The summed E-state index contributed by atoms with van der Waals surface area (Å²) >= 11 is 0. The lowest BCUT2D eigenvalue weighted by Gasteiger charge is -2.27. The van der Waals surface area contributed by atoms with Crippen LogP contribution in [0.5, 0.6) is 0 Å². The average Bonchev–Trinajstić information content (AvgIpc) is 3.61. The lowest BCUT2D eigenvalue weighted by atomic mass is 10.1. The van der Waals surface area contributed by atoms with E-state index in [1.807, 2.05) is 4.90 Å². The number of carbonyl (C=O) groups is 1. The number of alkyl halides is 3. The Morgan fingerprint density at radius 1 is 1.00 bits per heavy atom. The maximum Gasteiger partial charge on any atom is 0.490 e. The number of nitrogens with zero attached hydrogens (tertiary/aromatic N) is 6. The number of hydrogen-bond donors (Lipinski definition) is 3. The first kappa shape index (κ1) is 31.4. The number of carboxylic acid groups (broad SMARTS) is 1. The number of aromatic amines is 1. The highest BCUT2D eigenvalue weighted by atomic mass is 19.4. The van der Waals surface area contributed by atoms with Gasteiger partial charge in [-0.05, 0) is 36.2 Å². The molecule has 3 N–H and O–H groups in total. The summed E-state index contributed by atoms with van der Waals surface area (Å²) < 4.78 is 94.0. The van der Waals surface area contributed by atoms with Crippen LogP contribution in [0.15, 0.2) is 36.7 Å². The van der Waals surface area contributed by atoms with Gasteiger partial charge in [-0.1, -0.05) is 0 Å². The Bertz CT molecular complexity index is 1820. The highest BCUT2D eigenvalue weighted by Gasteiger charge is 2.38. The van der Waals surface area contributed by atoms with Gasteiger partial charge in [-0.2, -0.15) is 23.1 Å². The van der Waals surface area contributed by atoms with Gasteiger partial charge in [0.2, 0.25) is 5.95 Å². The predicted octanol–water partition coefficient (Wildman–Crippen LogP) is 4.58. The van der Waals surface area contributed by atoms with Gasteiger partial charge in [0.1, 0.15) is 23.0 Å². The molecule has 0 spiro atoms. The third-order valence-electron chi connectivity index (χ3n) is 6.57. The normalized spacial score (nSPS) is 13.6. The summed E-state index contributed by atoms with van der Waals surface area (Å²) in [7, 11) is 0. The number of morpholine rings is 1. The maximum absolute atomic E-state index is 14.1. The Labute approximate surface area is 248 Å². The third-order valence-corrected chi connectivity index (χ3v) is 6.57. The molecule has 238 valence electrons. The van der Waals surface area contributed by atoms with Crippen LogP contribution in [0.4, 0.5) is 42.5 Å². The monoisotopic (exact) mass is 640 g/mol. The summed E-state index contributed by atoms with van der Waals surface area (Å²) in [6, 6.07) is 5.90. The molecule has 18 heteroatoms. The Morgan fingerprint density at radius 3 is 2.36 bits per heavy atom. The largest absolute Gasteiger partial charge is 0.490 e. The Hall–Kier alpha value is -5.00. The number of carboxylic acids is 1. The minimum absolute atomic E-state index is 0.0818. The smallest absolute Gasteiger partial charge is 0.475 e. The number of aromatic nitrogens is 6. The molecule has 2 aromatic carbocycles. The van der Waals surface area contributed by atoms with Crippen LogP contribution in [0.3, 0.4) is 0 Å². The molecule has 0 saturated carbocycles. The molecule has 1 fully saturated rings. The first-order valence-electron chi connectivity index (χ1n) is 13.3. The predicted molar refractivity (Wildman–Crippen MR) is 145 cm³/mol. The van der Waals surface area contributed by atoms with Crippen LogP contribution in [0.2, 0.25) is 0 Å². The van der Waals surface area contributed by atoms with Crippen molar-refractivity contribution in [3.63, 3.8) is 0 Å². The number of imidazole rings is 2. The van der Waals surface area contributed by atoms with Crippen molar-refractivity contribution in [2.24, 2.45) is 0 Å². The number of rotatable bonds is 7. The van der Waals surface area contributed by atoms with E-state index in [2.05, 4.69) is 25.3 Å². The number of benzene rings is 2. The Morgan fingerprint density at radius 2 is 1.69 bits per heavy atom. The molecule has 3 aromatic heterocycles. The molecule has 6 rings (SSSR count). The van der Waals surface area contributed by atoms with Crippen molar-refractivity contribution >= 4 is 39.9 Å². The summed E-state index contributed by atoms with van der Waals surface area (Å²) in [5.74, 6) is -4.72. The van der Waals surface area contributed by atoms with Crippen molar-refractivity contribution in [2.45, 2.75) is 25.7 Å². The van der Waals surface area contributed by atoms with E-state index in [1.165, 1.54) is 18.2 Å². The summed E-state index contributed by atoms with van der Waals surface area (Å²) in [6.45, 7) is 2.81. The number of hydrogen-bond acceptors (Lipinski definition) is 8. The van der Waals surface area contributed by atoms with E-state index < -0.39 is 35.4 Å². The minimum atomic E-state index is -5.08. The van der Waals surface area contributed by atoms with Crippen molar-refractivity contribution < 1.29 is 45.4 Å². The molecule has 5 aromatic rings. The Balaban J connectivity index is 0.000000515. The van der Waals surface area contributed by atoms with Crippen molar-refractivity contribution in [2.75, 3.05) is 36.5 Å². The fraction of sp³-hybridized carbons (Fsp3) is 0.296. The fourth-order valence-corrected chi connectivity index (χ4v) is 4.45. The average molecular weight is 641 g/mol. The standard InChI is InChI=1S/C25H22F4N8O.C2HF3O2/c26-15-9-14(10-16(27)11-15)3-4-37-13-31-22-23(34-25(35-24(22)37)36-5-7-38-8-6-36)30-12-19-32-18-2-1-17(28)20(29)21(18)33-19;3-2(4,5)1(6)7/h1-2,9-11,13H,3-8,12H2,(H,32,33)(H,30,34,35);(H,6,7). The first-order chi connectivity index (χ1) is 21.4. The number of aliphatic carboxylic acids is 1. The van der Waals surface area contributed by atoms with Crippen molar-refractivity contribution in [1.29, 1.82) is 0 Å². The van der Waals surface area contributed by atoms with Gasteiger partial charge in [0.25, 0.3) is 0 Å². The molecule has 4 heterocycles. The number of halogens is 7. The zero-order valence-electron chi connectivity index (χ0n) is 23.0. The second-order valence-corrected chi connectivity index (χ2v) is 9.71. The fourth-order valence-electron chi connectivity index (χ4n) is 4.45. The van der Waals surface area contributed by atoms with Gasteiger partial charge in [-0.3, -0.25) is 0 Å². The van der Waals surface area contributed by atoms with E-state index in [0.29, 0.717) is 79.1 Å². The van der Waals surface area contributed by atoms with Gasteiger partial charge in [0.15, 0.2) is 28.6 Å². The molecule has 0 unspecified atom stereocenters. The van der Waals surface area contributed by atoms with Gasteiger partial charge in [0.05, 0.1) is 31.6 Å². The molecular weight excluding hydrogens is 617 g/mol. The maximum atomic E-state index is 14.1. The van der Waals surface area contributed by atoms with Crippen LogP contribution in [0.1, 0.15) is 11.4 Å². The quantitative estimate of drug-likeness (QED) is 0.219. The lowest BCUT2D eigenvalue weighted by Crippen LogP contribution is -2.37.